The van der Waals surface area contributed by atoms with Gasteiger partial charge in [0.15, 0.2) is 0 Å². The standard InChI is InChI=1S/C24H26FN7O2/c1-15-22(24(29-34-15)18-4-6-19(25)7-5-18)14-31-23(33)12-21(13-26-31)30-10-8-20(9-11-30)32-16(2)27-28-17(32)3/h4-7,12-13,20H,8-11,14H2,1-3H3. The average molecular weight is 464 g/mol. The summed E-state index contributed by atoms with van der Waals surface area (Å²) < 4.78 is 22.3. The Bertz CT molecular complexity index is 1350. The predicted molar refractivity (Wildman–Crippen MR) is 124 cm³/mol. The van der Waals surface area contributed by atoms with Gasteiger partial charge in [-0.3, -0.25) is 4.79 Å². The number of aromatic nitrogens is 6. The second-order valence-corrected chi connectivity index (χ2v) is 8.67. The lowest BCUT2D eigenvalue weighted by molar-refractivity contribution is 0.383. The monoisotopic (exact) mass is 463 g/mol. The minimum atomic E-state index is -0.324. The van der Waals surface area contributed by atoms with Crippen molar-refractivity contribution < 1.29 is 8.91 Å². The van der Waals surface area contributed by atoms with Crippen LogP contribution in [0.15, 0.2) is 45.8 Å². The maximum absolute atomic E-state index is 13.3. The lowest BCUT2D eigenvalue weighted by Crippen LogP contribution is -2.36. The van der Waals surface area contributed by atoms with Gasteiger partial charge in [0, 0.05) is 36.3 Å². The lowest BCUT2D eigenvalue weighted by atomic mass is 10.0. The highest BCUT2D eigenvalue weighted by Gasteiger charge is 2.24. The fourth-order valence-corrected chi connectivity index (χ4v) is 4.66. The number of hydrogen-bond acceptors (Lipinski definition) is 7. The summed E-state index contributed by atoms with van der Waals surface area (Å²) in [7, 11) is 0. The SMILES string of the molecule is Cc1onc(-c2ccc(F)cc2)c1Cn1ncc(N2CCC(n3c(C)nnc3C)CC2)cc1=O. The van der Waals surface area contributed by atoms with E-state index in [-0.39, 0.29) is 17.9 Å². The Morgan fingerprint density at radius 3 is 2.38 bits per heavy atom. The van der Waals surface area contributed by atoms with Gasteiger partial charge in [0.05, 0.1) is 18.4 Å². The maximum Gasteiger partial charge on any atom is 0.269 e. The van der Waals surface area contributed by atoms with E-state index in [1.807, 2.05) is 13.8 Å². The first-order valence-corrected chi connectivity index (χ1v) is 11.3. The molecular formula is C24H26FN7O2. The Balaban J connectivity index is 1.32. The van der Waals surface area contributed by atoms with Gasteiger partial charge in [0.25, 0.3) is 5.56 Å². The molecule has 1 aliphatic rings. The second kappa shape index (κ2) is 8.85. The minimum Gasteiger partial charge on any atom is -0.370 e. The number of anilines is 1. The van der Waals surface area contributed by atoms with Gasteiger partial charge in [-0.2, -0.15) is 5.10 Å². The zero-order valence-electron chi connectivity index (χ0n) is 19.4. The third-order valence-corrected chi connectivity index (χ3v) is 6.50. The van der Waals surface area contributed by atoms with E-state index >= 15 is 0 Å². The van der Waals surface area contributed by atoms with Crippen molar-refractivity contribution >= 4 is 5.69 Å². The van der Waals surface area contributed by atoms with Crippen molar-refractivity contribution in [3.63, 3.8) is 0 Å². The number of hydrogen-bond donors (Lipinski definition) is 0. The Morgan fingerprint density at radius 1 is 1.06 bits per heavy atom. The Hall–Kier alpha value is -3.82. The fraction of sp³-hybridized carbons (Fsp3) is 0.375. The number of rotatable bonds is 5. The molecule has 4 heterocycles. The third-order valence-electron chi connectivity index (χ3n) is 6.50. The number of nitrogens with zero attached hydrogens (tertiary/aromatic N) is 7. The van der Waals surface area contributed by atoms with Gasteiger partial charge < -0.3 is 14.0 Å². The molecule has 0 amide bonds. The van der Waals surface area contributed by atoms with Gasteiger partial charge in [0.2, 0.25) is 0 Å². The van der Waals surface area contributed by atoms with Gasteiger partial charge in [-0.05, 0) is 57.9 Å². The zero-order valence-corrected chi connectivity index (χ0v) is 19.4. The normalized spacial score (nSPS) is 14.6. The Labute approximate surface area is 195 Å². The molecule has 0 atom stereocenters. The van der Waals surface area contributed by atoms with Crippen molar-refractivity contribution in [2.75, 3.05) is 18.0 Å². The molecule has 0 bridgehead atoms. The smallest absolute Gasteiger partial charge is 0.269 e. The molecule has 1 saturated heterocycles. The van der Waals surface area contributed by atoms with Gasteiger partial charge in [-0.15, -0.1) is 10.2 Å². The van der Waals surface area contributed by atoms with Gasteiger partial charge in [-0.25, -0.2) is 9.07 Å². The molecule has 0 unspecified atom stereocenters. The molecule has 0 spiro atoms. The second-order valence-electron chi connectivity index (χ2n) is 8.67. The molecule has 4 aromatic rings. The van der Waals surface area contributed by atoms with Crippen molar-refractivity contribution in [3.05, 3.63) is 75.7 Å². The van der Waals surface area contributed by atoms with Crippen molar-refractivity contribution in [1.29, 1.82) is 0 Å². The number of piperidine rings is 1. The van der Waals surface area contributed by atoms with E-state index in [1.54, 1.807) is 31.3 Å². The quantitative estimate of drug-likeness (QED) is 0.447. The average Bonchev–Trinajstić information content (AvgIpc) is 3.37. The van der Waals surface area contributed by atoms with Crippen LogP contribution in [0.25, 0.3) is 11.3 Å². The van der Waals surface area contributed by atoms with Crippen LogP contribution in [0.4, 0.5) is 10.1 Å². The van der Waals surface area contributed by atoms with Crippen LogP contribution in [0.2, 0.25) is 0 Å². The highest BCUT2D eigenvalue weighted by molar-refractivity contribution is 5.63. The molecule has 9 nitrogen and oxygen atoms in total. The number of halogens is 1. The largest absolute Gasteiger partial charge is 0.370 e. The number of aryl methyl sites for hydroxylation is 3. The van der Waals surface area contributed by atoms with Crippen LogP contribution >= 0.6 is 0 Å². The van der Waals surface area contributed by atoms with Crippen LogP contribution in [0.1, 0.15) is 41.9 Å². The zero-order chi connectivity index (χ0) is 23.8. The molecule has 0 radical (unpaired) electrons. The van der Waals surface area contributed by atoms with E-state index in [4.69, 9.17) is 4.52 Å². The molecule has 0 aliphatic carbocycles. The predicted octanol–water partition coefficient (Wildman–Crippen LogP) is 3.44. The van der Waals surface area contributed by atoms with E-state index in [2.05, 4.69) is 29.9 Å². The summed E-state index contributed by atoms with van der Waals surface area (Å²) in [4.78, 5) is 15.1. The molecule has 34 heavy (non-hydrogen) atoms. The number of benzene rings is 1. The molecule has 0 saturated carbocycles. The van der Waals surface area contributed by atoms with E-state index in [9.17, 15) is 9.18 Å². The summed E-state index contributed by atoms with van der Waals surface area (Å²) >= 11 is 0. The van der Waals surface area contributed by atoms with E-state index in [1.165, 1.54) is 16.8 Å². The highest BCUT2D eigenvalue weighted by atomic mass is 19.1. The molecular weight excluding hydrogens is 437 g/mol. The van der Waals surface area contributed by atoms with Crippen LogP contribution in [0.5, 0.6) is 0 Å². The van der Waals surface area contributed by atoms with Crippen molar-refractivity contribution in [2.45, 2.75) is 46.2 Å². The van der Waals surface area contributed by atoms with E-state index < -0.39 is 0 Å². The first-order chi connectivity index (χ1) is 16.4. The summed E-state index contributed by atoms with van der Waals surface area (Å²) in [5.74, 6) is 2.14. The Morgan fingerprint density at radius 2 is 1.74 bits per heavy atom. The molecule has 0 N–H and O–H groups in total. The lowest BCUT2D eigenvalue weighted by Gasteiger charge is -2.34. The van der Waals surface area contributed by atoms with Gasteiger partial charge >= 0.3 is 0 Å². The van der Waals surface area contributed by atoms with Crippen LogP contribution in [0.3, 0.4) is 0 Å². The third kappa shape index (κ3) is 4.11. The first kappa shape index (κ1) is 22.0. The molecule has 176 valence electrons. The minimum absolute atomic E-state index is 0.198. The summed E-state index contributed by atoms with van der Waals surface area (Å²) in [6.45, 7) is 7.62. The van der Waals surface area contributed by atoms with Gasteiger partial charge in [-0.1, -0.05) is 5.16 Å². The van der Waals surface area contributed by atoms with E-state index in [0.29, 0.717) is 17.5 Å². The summed E-state index contributed by atoms with van der Waals surface area (Å²) in [6.07, 6.45) is 3.63. The van der Waals surface area contributed by atoms with Gasteiger partial charge in [0.1, 0.15) is 28.9 Å². The van der Waals surface area contributed by atoms with Crippen LogP contribution < -0.4 is 10.5 Å². The summed E-state index contributed by atoms with van der Waals surface area (Å²) in [6, 6.07) is 8.02. The molecule has 1 aliphatic heterocycles. The van der Waals surface area contributed by atoms with E-state index in [0.717, 1.165) is 54.4 Å². The van der Waals surface area contributed by atoms with Crippen molar-refractivity contribution in [3.8, 4) is 11.3 Å². The maximum atomic E-state index is 13.3. The highest BCUT2D eigenvalue weighted by Crippen LogP contribution is 2.28. The topological polar surface area (TPSA) is 94.9 Å². The fourth-order valence-electron chi connectivity index (χ4n) is 4.66. The summed E-state index contributed by atoms with van der Waals surface area (Å²) in [5.41, 5.74) is 2.67. The summed E-state index contributed by atoms with van der Waals surface area (Å²) in [5, 5.41) is 16.9. The molecule has 3 aromatic heterocycles. The molecule has 5 rings (SSSR count). The van der Waals surface area contributed by atoms with Crippen molar-refractivity contribution in [1.82, 2.24) is 29.7 Å². The van der Waals surface area contributed by atoms with Crippen LogP contribution in [-0.4, -0.2) is 42.8 Å². The molecule has 1 fully saturated rings. The van der Waals surface area contributed by atoms with Crippen molar-refractivity contribution in [2.24, 2.45) is 0 Å². The Kier molecular flexibility index (Phi) is 5.72. The molecule has 1 aromatic carbocycles. The molecule has 10 heteroatoms. The van der Waals surface area contributed by atoms with Crippen LogP contribution in [0, 0.1) is 26.6 Å². The first-order valence-electron chi connectivity index (χ1n) is 11.3. The van der Waals surface area contributed by atoms with Crippen LogP contribution in [-0.2, 0) is 6.54 Å².